The van der Waals surface area contributed by atoms with Crippen molar-refractivity contribution in [3.05, 3.63) is 77.9 Å². The van der Waals surface area contributed by atoms with Gasteiger partial charge in [-0.1, -0.05) is 50.2 Å². The summed E-state index contributed by atoms with van der Waals surface area (Å²) in [6, 6.07) is 23.2. The third-order valence-corrected chi connectivity index (χ3v) is 4.81. The normalized spacial score (nSPS) is 14.5. The standard InChI is InChI=1S/C21H20N2/c1-21(2)17-5-3-4-6-19(17)23-20-12-9-15(13-18(20)21)14-7-10-16(22)11-8-14/h3-13,23H,22H2,1-2H3. The molecule has 2 nitrogen and oxygen atoms in total. The molecule has 1 aliphatic rings. The molecule has 0 atom stereocenters. The molecule has 0 aromatic heterocycles. The third kappa shape index (κ3) is 2.18. The number of fused-ring (bicyclic) bond motifs is 2. The Morgan fingerprint density at radius 1 is 0.739 bits per heavy atom. The maximum atomic E-state index is 5.80. The van der Waals surface area contributed by atoms with Crippen LogP contribution in [0.2, 0.25) is 0 Å². The van der Waals surface area contributed by atoms with Crippen molar-refractivity contribution >= 4 is 17.1 Å². The first-order valence-corrected chi connectivity index (χ1v) is 7.93. The van der Waals surface area contributed by atoms with E-state index in [1.54, 1.807) is 0 Å². The highest BCUT2D eigenvalue weighted by Gasteiger charge is 2.32. The molecule has 0 spiro atoms. The van der Waals surface area contributed by atoms with E-state index in [-0.39, 0.29) is 5.41 Å². The molecule has 3 N–H and O–H groups in total. The van der Waals surface area contributed by atoms with E-state index in [1.807, 2.05) is 12.1 Å². The number of nitrogens with one attached hydrogen (secondary N) is 1. The van der Waals surface area contributed by atoms with E-state index < -0.39 is 0 Å². The zero-order valence-corrected chi connectivity index (χ0v) is 13.4. The van der Waals surface area contributed by atoms with Crippen LogP contribution >= 0.6 is 0 Å². The number of nitrogens with two attached hydrogens (primary N) is 1. The van der Waals surface area contributed by atoms with Gasteiger partial charge in [-0.25, -0.2) is 0 Å². The molecular weight excluding hydrogens is 280 g/mol. The van der Waals surface area contributed by atoms with Gasteiger partial charge in [0.05, 0.1) is 0 Å². The maximum Gasteiger partial charge on any atom is 0.0426 e. The van der Waals surface area contributed by atoms with Gasteiger partial charge in [0.1, 0.15) is 0 Å². The summed E-state index contributed by atoms with van der Waals surface area (Å²) in [6.45, 7) is 4.58. The molecule has 1 aliphatic heterocycles. The van der Waals surface area contributed by atoms with Crippen molar-refractivity contribution in [2.24, 2.45) is 0 Å². The van der Waals surface area contributed by atoms with Gasteiger partial charge in [0.2, 0.25) is 0 Å². The molecule has 114 valence electrons. The lowest BCUT2D eigenvalue weighted by Gasteiger charge is -2.36. The number of rotatable bonds is 1. The molecule has 0 unspecified atom stereocenters. The van der Waals surface area contributed by atoms with Gasteiger partial charge in [0, 0.05) is 22.5 Å². The van der Waals surface area contributed by atoms with Gasteiger partial charge in [-0.05, 0) is 52.6 Å². The highest BCUT2D eigenvalue weighted by atomic mass is 14.9. The van der Waals surface area contributed by atoms with E-state index in [9.17, 15) is 0 Å². The number of anilines is 3. The van der Waals surface area contributed by atoms with Crippen LogP contribution in [0.5, 0.6) is 0 Å². The molecule has 0 bridgehead atoms. The van der Waals surface area contributed by atoms with Crippen molar-refractivity contribution in [3.63, 3.8) is 0 Å². The quantitative estimate of drug-likeness (QED) is 0.597. The van der Waals surface area contributed by atoms with Crippen LogP contribution in [-0.4, -0.2) is 0 Å². The second kappa shape index (κ2) is 4.88. The smallest absolute Gasteiger partial charge is 0.0426 e. The Morgan fingerprint density at radius 3 is 2.17 bits per heavy atom. The predicted molar refractivity (Wildman–Crippen MR) is 98.1 cm³/mol. The summed E-state index contributed by atoms with van der Waals surface area (Å²) >= 11 is 0. The van der Waals surface area contributed by atoms with Crippen molar-refractivity contribution in [3.8, 4) is 11.1 Å². The summed E-state index contributed by atoms with van der Waals surface area (Å²) in [6.07, 6.45) is 0. The van der Waals surface area contributed by atoms with Gasteiger partial charge in [0.15, 0.2) is 0 Å². The van der Waals surface area contributed by atoms with E-state index >= 15 is 0 Å². The van der Waals surface area contributed by atoms with Gasteiger partial charge in [-0.2, -0.15) is 0 Å². The van der Waals surface area contributed by atoms with E-state index in [0.717, 1.165) is 5.69 Å². The SMILES string of the molecule is CC1(C)c2ccccc2Nc2ccc(-c3ccc(N)cc3)cc21. The van der Waals surface area contributed by atoms with E-state index in [4.69, 9.17) is 5.73 Å². The lowest BCUT2D eigenvalue weighted by Crippen LogP contribution is -2.25. The fraction of sp³-hybridized carbons (Fsp3) is 0.143. The largest absolute Gasteiger partial charge is 0.399 e. The second-order valence-corrected chi connectivity index (χ2v) is 6.68. The molecule has 0 saturated carbocycles. The first-order chi connectivity index (χ1) is 11.1. The molecule has 0 fully saturated rings. The van der Waals surface area contributed by atoms with Crippen molar-refractivity contribution < 1.29 is 0 Å². The minimum Gasteiger partial charge on any atom is -0.399 e. The van der Waals surface area contributed by atoms with Gasteiger partial charge < -0.3 is 11.1 Å². The van der Waals surface area contributed by atoms with Crippen molar-refractivity contribution in [1.82, 2.24) is 0 Å². The number of benzene rings is 3. The lowest BCUT2D eigenvalue weighted by molar-refractivity contribution is 0.638. The average molecular weight is 300 g/mol. The minimum absolute atomic E-state index is 0.0268. The monoisotopic (exact) mass is 300 g/mol. The number of para-hydroxylation sites is 1. The van der Waals surface area contributed by atoms with Crippen LogP contribution in [0.3, 0.4) is 0 Å². The van der Waals surface area contributed by atoms with Crippen LogP contribution in [0.1, 0.15) is 25.0 Å². The molecule has 23 heavy (non-hydrogen) atoms. The second-order valence-electron chi connectivity index (χ2n) is 6.68. The van der Waals surface area contributed by atoms with Crippen LogP contribution < -0.4 is 11.1 Å². The summed E-state index contributed by atoms with van der Waals surface area (Å²) in [4.78, 5) is 0. The molecule has 0 radical (unpaired) electrons. The number of hydrogen-bond donors (Lipinski definition) is 2. The van der Waals surface area contributed by atoms with Crippen LogP contribution in [0, 0.1) is 0 Å². The first-order valence-electron chi connectivity index (χ1n) is 7.93. The Labute approximate surface area is 137 Å². The Balaban J connectivity index is 1.86. The third-order valence-electron chi connectivity index (χ3n) is 4.81. The molecule has 4 rings (SSSR count). The van der Waals surface area contributed by atoms with Crippen molar-refractivity contribution in [1.29, 1.82) is 0 Å². The fourth-order valence-corrected chi connectivity index (χ4v) is 3.45. The molecule has 2 heteroatoms. The van der Waals surface area contributed by atoms with E-state index in [2.05, 4.69) is 73.8 Å². The van der Waals surface area contributed by atoms with Gasteiger partial charge >= 0.3 is 0 Å². The summed E-state index contributed by atoms with van der Waals surface area (Å²) in [7, 11) is 0. The molecule has 1 heterocycles. The number of hydrogen-bond acceptors (Lipinski definition) is 2. The Morgan fingerprint density at radius 2 is 1.39 bits per heavy atom. The molecule has 3 aromatic rings. The van der Waals surface area contributed by atoms with Gasteiger partial charge in [0.25, 0.3) is 0 Å². The first kappa shape index (κ1) is 13.9. The fourth-order valence-electron chi connectivity index (χ4n) is 3.45. The van der Waals surface area contributed by atoms with Crippen LogP contribution in [-0.2, 0) is 5.41 Å². The lowest BCUT2D eigenvalue weighted by atomic mass is 9.73. The minimum atomic E-state index is -0.0268. The van der Waals surface area contributed by atoms with Crippen molar-refractivity contribution in [2.75, 3.05) is 11.1 Å². The Kier molecular flexibility index (Phi) is 2.95. The van der Waals surface area contributed by atoms with E-state index in [0.29, 0.717) is 0 Å². The topological polar surface area (TPSA) is 38.0 Å². The highest BCUT2D eigenvalue weighted by molar-refractivity contribution is 5.79. The molecule has 0 aliphatic carbocycles. The molecule has 0 saturated heterocycles. The van der Waals surface area contributed by atoms with Crippen molar-refractivity contribution in [2.45, 2.75) is 19.3 Å². The molecule has 0 amide bonds. The van der Waals surface area contributed by atoms with Crippen LogP contribution in [0.25, 0.3) is 11.1 Å². The summed E-state index contributed by atoms with van der Waals surface area (Å²) in [5.41, 5.74) is 14.0. The van der Waals surface area contributed by atoms with Gasteiger partial charge in [-0.15, -0.1) is 0 Å². The zero-order valence-electron chi connectivity index (χ0n) is 13.4. The van der Waals surface area contributed by atoms with Crippen LogP contribution in [0.4, 0.5) is 17.1 Å². The summed E-state index contributed by atoms with van der Waals surface area (Å²) in [5, 5.41) is 3.56. The summed E-state index contributed by atoms with van der Waals surface area (Å²) in [5.74, 6) is 0. The average Bonchev–Trinajstić information content (AvgIpc) is 2.56. The van der Waals surface area contributed by atoms with Gasteiger partial charge in [-0.3, -0.25) is 0 Å². The van der Waals surface area contributed by atoms with E-state index in [1.165, 1.54) is 33.6 Å². The molecular formula is C21H20N2. The van der Waals surface area contributed by atoms with Crippen LogP contribution in [0.15, 0.2) is 66.7 Å². The zero-order chi connectivity index (χ0) is 16.0. The Hall–Kier alpha value is -2.74. The molecule has 3 aromatic carbocycles. The summed E-state index contributed by atoms with van der Waals surface area (Å²) < 4.78 is 0. The maximum absolute atomic E-state index is 5.80. The highest BCUT2D eigenvalue weighted by Crippen LogP contribution is 2.46. The Bertz CT molecular complexity index is 877. The predicted octanol–water partition coefficient (Wildman–Crippen LogP) is 5.32. The number of nitrogen functional groups attached to an aromatic ring is 1.